The molecule has 2 rings (SSSR count). The Morgan fingerprint density at radius 2 is 2.12 bits per heavy atom. The summed E-state index contributed by atoms with van der Waals surface area (Å²) in [5, 5.41) is 14.4. The van der Waals surface area contributed by atoms with Crippen molar-refractivity contribution < 1.29 is 5.11 Å². The van der Waals surface area contributed by atoms with Crippen LogP contribution in [-0.4, -0.2) is 24.9 Å². The number of aromatic nitrogens is 4. The van der Waals surface area contributed by atoms with E-state index in [1.165, 1.54) is 0 Å². The van der Waals surface area contributed by atoms with E-state index in [0.717, 1.165) is 10.2 Å². The fourth-order valence-corrected chi connectivity index (χ4v) is 2.09. The second-order valence-electron chi connectivity index (χ2n) is 3.68. The number of aliphatic hydroxyl groups excluding tert-OH is 1. The topological polar surface area (TPSA) is 63.8 Å². The molecule has 17 heavy (non-hydrogen) atoms. The number of rotatable bonds is 3. The number of aliphatic hydroxyl groups is 1. The first-order valence-electron chi connectivity index (χ1n) is 5.31. The zero-order chi connectivity index (χ0) is 12.4. The number of aryl methyl sites for hydroxylation is 2. The van der Waals surface area contributed by atoms with Crippen molar-refractivity contribution in [2.45, 2.75) is 26.5 Å². The van der Waals surface area contributed by atoms with Crippen molar-refractivity contribution in [3.05, 3.63) is 40.1 Å². The molecule has 1 N–H and O–H groups in total. The fourth-order valence-electron chi connectivity index (χ4n) is 1.58. The van der Waals surface area contributed by atoms with Gasteiger partial charge in [0, 0.05) is 12.7 Å². The summed E-state index contributed by atoms with van der Waals surface area (Å²) in [4.78, 5) is 8.30. The molecule has 0 aliphatic heterocycles. The van der Waals surface area contributed by atoms with Crippen molar-refractivity contribution in [3.8, 4) is 0 Å². The van der Waals surface area contributed by atoms with Gasteiger partial charge in [0.05, 0.1) is 33.9 Å². The van der Waals surface area contributed by atoms with Crippen molar-refractivity contribution in [2.75, 3.05) is 0 Å². The van der Waals surface area contributed by atoms with Gasteiger partial charge in [-0.1, -0.05) is 0 Å². The maximum absolute atomic E-state index is 10.3. The Balaban J connectivity index is 2.39. The van der Waals surface area contributed by atoms with E-state index < -0.39 is 6.10 Å². The van der Waals surface area contributed by atoms with Gasteiger partial charge < -0.3 is 5.11 Å². The lowest BCUT2D eigenvalue weighted by atomic mass is 10.2. The van der Waals surface area contributed by atoms with E-state index in [1.807, 2.05) is 13.8 Å². The van der Waals surface area contributed by atoms with Gasteiger partial charge in [-0.25, -0.2) is 0 Å². The summed E-state index contributed by atoms with van der Waals surface area (Å²) in [7, 11) is 0. The third-order valence-electron chi connectivity index (χ3n) is 2.47. The maximum Gasteiger partial charge on any atom is 0.140 e. The molecule has 0 aromatic carbocycles. The van der Waals surface area contributed by atoms with Crippen LogP contribution >= 0.6 is 15.9 Å². The second-order valence-corrected chi connectivity index (χ2v) is 4.53. The normalized spacial score (nSPS) is 12.7. The van der Waals surface area contributed by atoms with Crippen LogP contribution in [0.3, 0.4) is 0 Å². The summed E-state index contributed by atoms with van der Waals surface area (Å²) in [6.07, 6.45) is 4.07. The summed E-state index contributed by atoms with van der Waals surface area (Å²) in [6.45, 7) is 4.52. The number of nitrogens with zero attached hydrogens (tertiary/aromatic N) is 4. The molecule has 0 aliphatic rings. The Kier molecular flexibility index (Phi) is 3.54. The Morgan fingerprint density at radius 1 is 1.35 bits per heavy atom. The van der Waals surface area contributed by atoms with Crippen LogP contribution in [-0.2, 0) is 6.54 Å². The van der Waals surface area contributed by atoms with Crippen LogP contribution in [0, 0.1) is 6.92 Å². The van der Waals surface area contributed by atoms with E-state index in [4.69, 9.17) is 0 Å². The van der Waals surface area contributed by atoms with Gasteiger partial charge in [-0.2, -0.15) is 5.10 Å². The van der Waals surface area contributed by atoms with Crippen molar-refractivity contribution >= 4 is 15.9 Å². The van der Waals surface area contributed by atoms with Crippen LogP contribution in [0.4, 0.5) is 0 Å². The van der Waals surface area contributed by atoms with E-state index in [0.29, 0.717) is 17.9 Å². The van der Waals surface area contributed by atoms with Gasteiger partial charge in [0.15, 0.2) is 0 Å². The zero-order valence-corrected chi connectivity index (χ0v) is 11.2. The Bertz CT molecular complexity index is 509. The first kappa shape index (κ1) is 12.2. The lowest BCUT2D eigenvalue weighted by Gasteiger charge is -2.12. The largest absolute Gasteiger partial charge is 0.380 e. The van der Waals surface area contributed by atoms with Crippen LogP contribution in [0.15, 0.2) is 23.1 Å². The van der Waals surface area contributed by atoms with Gasteiger partial charge in [-0.3, -0.25) is 14.6 Å². The molecule has 5 nitrogen and oxygen atoms in total. The fraction of sp³-hybridized carbons (Fsp3) is 0.364. The average molecular weight is 297 g/mol. The monoisotopic (exact) mass is 296 g/mol. The Hall–Kier alpha value is -1.27. The van der Waals surface area contributed by atoms with Gasteiger partial charge >= 0.3 is 0 Å². The molecular weight excluding hydrogens is 284 g/mol. The summed E-state index contributed by atoms with van der Waals surface area (Å²) in [5.41, 5.74) is 2.04. The molecule has 0 saturated carbocycles. The highest BCUT2D eigenvalue weighted by Crippen LogP contribution is 2.27. The van der Waals surface area contributed by atoms with Crippen LogP contribution in [0.5, 0.6) is 0 Å². The molecule has 2 aromatic rings. The molecule has 2 heterocycles. The minimum Gasteiger partial charge on any atom is -0.380 e. The first-order chi connectivity index (χ1) is 8.13. The highest BCUT2D eigenvalue weighted by molar-refractivity contribution is 9.10. The first-order valence-corrected chi connectivity index (χ1v) is 6.10. The minimum atomic E-state index is -0.820. The van der Waals surface area contributed by atoms with Crippen LogP contribution < -0.4 is 0 Å². The van der Waals surface area contributed by atoms with E-state index >= 15 is 0 Å². The number of hydrogen-bond acceptors (Lipinski definition) is 4. The van der Waals surface area contributed by atoms with Crippen molar-refractivity contribution in [2.24, 2.45) is 0 Å². The minimum absolute atomic E-state index is 0.520. The van der Waals surface area contributed by atoms with Gasteiger partial charge in [-0.05, 0) is 29.8 Å². The Morgan fingerprint density at radius 3 is 2.71 bits per heavy atom. The molecule has 6 heteroatoms. The molecule has 0 saturated heterocycles. The smallest absolute Gasteiger partial charge is 0.140 e. The molecule has 0 bridgehead atoms. The molecular formula is C11H13BrN4O. The highest BCUT2D eigenvalue weighted by atomic mass is 79.9. The predicted molar refractivity (Wildman–Crippen MR) is 66.4 cm³/mol. The second kappa shape index (κ2) is 4.93. The van der Waals surface area contributed by atoms with Crippen LogP contribution in [0.25, 0.3) is 0 Å². The molecule has 0 fully saturated rings. The summed E-state index contributed by atoms with van der Waals surface area (Å²) < 4.78 is 2.50. The van der Waals surface area contributed by atoms with E-state index in [2.05, 4.69) is 31.0 Å². The lowest BCUT2D eigenvalue weighted by molar-refractivity contribution is 0.202. The SMILES string of the molecule is CCn1ncc(Br)c1C(O)c1cnc(C)cn1. The molecule has 1 atom stereocenters. The summed E-state index contributed by atoms with van der Waals surface area (Å²) in [6, 6.07) is 0. The average Bonchev–Trinajstić information content (AvgIpc) is 2.70. The Labute approximate surface area is 108 Å². The predicted octanol–water partition coefficient (Wildman–Crippen LogP) is 1.85. The highest BCUT2D eigenvalue weighted by Gasteiger charge is 2.20. The summed E-state index contributed by atoms with van der Waals surface area (Å²) >= 11 is 3.38. The van der Waals surface area contributed by atoms with Gasteiger partial charge in [-0.15, -0.1) is 0 Å². The third kappa shape index (κ3) is 2.37. The molecule has 0 spiro atoms. The van der Waals surface area contributed by atoms with E-state index in [1.54, 1.807) is 23.3 Å². The summed E-state index contributed by atoms with van der Waals surface area (Å²) in [5.74, 6) is 0. The maximum atomic E-state index is 10.3. The lowest BCUT2D eigenvalue weighted by Crippen LogP contribution is -2.11. The molecule has 1 unspecified atom stereocenters. The molecule has 0 radical (unpaired) electrons. The molecule has 0 amide bonds. The van der Waals surface area contributed by atoms with E-state index in [9.17, 15) is 5.11 Å². The van der Waals surface area contributed by atoms with Crippen LogP contribution in [0.1, 0.15) is 30.1 Å². The quantitative estimate of drug-likeness (QED) is 0.939. The van der Waals surface area contributed by atoms with Crippen molar-refractivity contribution in [1.29, 1.82) is 0 Å². The van der Waals surface area contributed by atoms with Crippen LogP contribution in [0.2, 0.25) is 0 Å². The molecule has 90 valence electrons. The third-order valence-corrected chi connectivity index (χ3v) is 3.08. The van der Waals surface area contributed by atoms with Crippen molar-refractivity contribution in [3.63, 3.8) is 0 Å². The van der Waals surface area contributed by atoms with Gasteiger partial charge in [0.25, 0.3) is 0 Å². The number of halogens is 1. The standard InChI is InChI=1S/C11H13BrN4O/c1-3-16-10(8(12)5-15-16)11(17)9-6-13-7(2)4-14-9/h4-6,11,17H,3H2,1-2H3. The molecule has 0 aliphatic carbocycles. The zero-order valence-electron chi connectivity index (χ0n) is 9.63. The van der Waals surface area contributed by atoms with E-state index in [-0.39, 0.29) is 0 Å². The molecule has 2 aromatic heterocycles. The van der Waals surface area contributed by atoms with Gasteiger partial charge in [0.1, 0.15) is 6.10 Å². The van der Waals surface area contributed by atoms with Gasteiger partial charge in [0.2, 0.25) is 0 Å². The number of hydrogen-bond donors (Lipinski definition) is 1. The van der Waals surface area contributed by atoms with Crippen molar-refractivity contribution in [1.82, 2.24) is 19.7 Å².